The fourth-order valence-electron chi connectivity index (χ4n) is 2.14. The average molecular weight is 276 g/mol. The van der Waals surface area contributed by atoms with Gasteiger partial charge in [0.2, 0.25) is 5.16 Å². The molecule has 2 aromatic heterocycles. The maximum Gasteiger partial charge on any atom is 0.338 e. The number of aryl methyl sites for hydroxylation is 3. The highest BCUT2D eigenvalue weighted by Gasteiger charge is 2.21. The Labute approximate surface area is 113 Å². The van der Waals surface area contributed by atoms with E-state index in [9.17, 15) is 9.90 Å². The molecular formula is C12H12N4O2S. The van der Waals surface area contributed by atoms with E-state index in [-0.39, 0.29) is 5.56 Å². The third-order valence-corrected chi connectivity index (χ3v) is 3.88. The Kier molecular flexibility index (Phi) is 2.98. The van der Waals surface area contributed by atoms with E-state index in [0.29, 0.717) is 16.0 Å². The van der Waals surface area contributed by atoms with E-state index in [0.717, 1.165) is 30.5 Å². The molecule has 0 saturated carbocycles. The molecule has 7 heteroatoms. The molecule has 0 bridgehead atoms. The first kappa shape index (κ1) is 12.2. The number of aromatic nitrogens is 4. The SMILES string of the molecule is Cc1nc(Sc2nc3c(cc2C(=O)O)CCC3)n[nH]1. The molecule has 2 N–H and O–H groups in total. The molecule has 1 aliphatic rings. The number of aromatic amines is 1. The van der Waals surface area contributed by atoms with Gasteiger partial charge in [0.15, 0.2) is 0 Å². The lowest BCUT2D eigenvalue weighted by molar-refractivity contribution is 0.0692. The smallest absolute Gasteiger partial charge is 0.338 e. The molecule has 2 heterocycles. The van der Waals surface area contributed by atoms with E-state index in [1.54, 1.807) is 13.0 Å². The van der Waals surface area contributed by atoms with Gasteiger partial charge in [-0.05, 0) is 49.6 Å². The van der Waals surface area contributed by atoms with Gasteiger partial charge in [-0.3, -0.25) is 5.10 Å². The molecule has 0 atom stereocenters. The van der Waals surface area contributed by atoms with Crippen molar-refractivity contribution in [2.45, 2.75) is 36.4 Å². The van der Waals surface area contributed by atoms with E-state index in [1.165, 1.54) is 11.8 Å². The number of carbonyl (C=O) groups is 1. The topological polar surface area (TPSA) is 91.8 Å². The Morgan fingerprint density at radius 3 is 2.95 bits per heavy atom. The summed E-state index contributed by atoms with van der Waals surface area (Å²) in [5.74, 6) is -0.266. The van der Waals surface area contributed by atoms with Crippen molar-refractivity contribution < 1.29 is 9.90 Å². The zero-order valence-electron chi connectivity index (χ0n) is 10.3. The number of nitrogens with one attached hydrogen (secondary N) is 1. The second-order valence-electron chi connectivity index (χ2n) is 4.41. The predicted molar refractivity (Wildman–Crippen MR) is 68.5 cm³/mol. The van der Waals surface area contributed by atoms with E-state index in [4.69, 9.17) is 0 Å². The highest BCUT2D eigenvalue weighted by molar-refractivity contribution is 7.99. The van der Waals surface area contributed by atoms with Crippen LogP contribution < -0.4 is 0 Å². The minimum Gasteiger partial charge on any atom is -0.478 e. The zero-order valence-corrected chi connectivity index (χ0v) is 11.1. The van der Waals surface area contributed by atoms with Crippen LogP contribution in [0.3, 0.4) is 0 Å². The monoisotopic (exact) mass is 276 g/mol. The Morgan fingerprint density at radius 1 is 1.42 bits per heavy atom. The van der Waals surface area contributed by atoms with Crippen molar-refractivity contribution in [1.82, 2.24) is 20.2 Å². The normalized spacial score (nSPS) is 13.5. The Hall–Kier alpha value is -1.89. The molecule has 0 radical (unpaired) electrons. The van der Waals surface area contributed by atoms with Crippen molar-refractivity contribution in [1.29, 1.82) is 0 Å². The van der Waals surface area contributed by atoms with E-state index < -0.39 is 5.97 Å². The minimum absolute atomic E-state index is 0.230. The first-order valence-electron chi connectivity index (χ1n) is 5.96. The van der Waals surface area contributed by atoms with Gasteiger partial charge < -0.3 is 5.11 Å². The zero-order chi connectivity index (χ0) is 13.4. The van der Waals surface area contributed by atoms with Crippen LogP contribution >= 0.6 is 11.8 Å². The summed E-state index contributed by atoms with van der Waals surface area (Å²) in [4.78, 5) is 19.9. The fraction of sp³-hybridized carbons (Fsp3) is 0.333. The Morgan fingerprint density at radius 2 is 2.26 bits per heavy atom. The van der Waals surface area contributed by atoms with Gasteiger partial charge in [0, 0.05) is 5.69 Å². The van der Waals surface area contributed by atoms with Crippen LogP contribution in [0.1, 0.15) is 33.9 Å². The molecule has 0 aromatic carbocycles. The van der Waals surface area contributed by atoms with Crippen LogP contribution in [0, 0.1) is 6.92 Å². The van der Waals surface area contributed by atoms with Gasteiger partial charge in [-0.25, -0.2) is 14.8 Å². The van der Waals surface area contributed by atoms with Crippen molar-refractivity contribution in [2.24, 2.45) is 0 Å². The van der Waals surface area contributed by atoms with Crippen molar-refractivity contribution >= 4 is 17.7 Å². The third-order valence-electron chi connectivity index (χ3n) is 3.01. The first-order valence-corrected chi connectivity index (χ1v) is 6.78. The molecule has 6 nitrogen and oxygen atoms in total. The van der Waals surface area contributed by atoms with Gasteiger partial charge in [-0.1, -0.05) is 0 Å². The van der Waals surface area contributed by atoms with Crippen molar-refractivity contribution in [2.75, 3.05) is 0 Å². The highest BCUT2D eigenvalue weighted by Crippen LogP contribution is 2.31. The number of hydrogen-bond donors (Lipinski definition) is 2. The van der Waals surface area contributed by atoms with Crippen LogP contribution in [0.5, 0.6) is 0 Å². The molecule has 19 heavy (non-hydrogen) atoms. The van der Waals surface area contributed by atoms with E-state index in [1.807, 2.05) is 0 Å². The number of carboxylic acids is 1. The lowest BCUT2D eigenvalue weighted by Crippen LogP contribution is -2.04. The minimum atomic E-state index is -0.961. The third kappa shape index (κ3) is 2.33. The van der Waals surface area contributed by atoms with Gasteiger partial charge in [-0.2, -0.15) is 0 Å². The van der Waals surface area contributed by atoms with Gasteiger partial charge >= 0.3 is 5.97 Å². The molecule has 0 fully saturated rings. The summed E-state index contributed by atoms with van der Waals surface area (Å²) in [6.07, 6.45) is 2.86. The number of aromatic carboxylic acids is 1. The fourth-order valence-corrected chi connectivity index (χ4v) is 3.00. The van der Waals surface area contributed by atoms with Gasteiger partial charge in [-0.15, -0.1) is 5.10 Å². The van der Waals surface area contributed by atoms with Crippen LogP contribution in [-0.4, -0.2) is 31.2 Å². The Balaban J connectivity index is 2.01. The summed E-state index contributed by atoms with van der Waals surface area (Å²) in [6.45, 7) is 1.80. The van der Waals surface area contributed by atoms with Crippen molar-refractivity contribution in [3.63, 3.8) is 0 Å². The number of pyridine rings is 1. The summed E-state index contributed by atoms with van der Waals surface area (Å²) < 4.78 is 0. The number of nitrogens with zero attached hydrogens (tertiary/aromatic N) is 3. The van der Waals surface area contributed by atoms with Crippen molar-refractivity contribution in [3.05, 3.63) is 28.7 Å². The summed E-state index contributed by atoms with van der Waals surface area (Å²) in [6, 6.07) is 1.74. The number of fused-ring (bicyclic) bond motifs is 1. The molecule has 1 aliphatic carbocycles. The number of hydrogen-bond acceptors (Lipinski definition) is 5. The lowest BCUT2D eigenvalue weighted by Gasteiger charge is -2.06. The number of H-pyrrole nitrogens is 1. The predicted octanol–water partition coefficient (Wildman–Crippen LogP) is 1.85. The first-order chi connectivity index (χ1) is 9.13. The number of carboxylic acid groups (broad SMARTS) is 1. The standard InChI is InChI=1S/C12H12N4O2S/c1-6-13-12(16-15-6)19-10-8(11(17)18)5-7-3-2-4-9(7)14-10/h5H,2-4H2,1H3,(H,17,18)(H,13,15,16). The molecule has 0 aliphatic heterocycles. The summed E-state index contributed by atoms with van der Waals surface area (Å²) in [7, 11) is 0. The summed E-state index contributed by atoms with van der Waals surface area (Å²) in [5, 5.41) is 17.0. The van der Waals surface area contributed by atoms with Gasteiger partial charge in [0.05, 0.1) is 5.56 Å². The van der Waals surface area contributed by atoms with E-state index in [2.05, 4.69) is 20.2 Å². The largest absolute Gasteiger partial charge is 0.478 e. The maximum absolute atomic E-state index is 11.3. The van der Waals surface area contributed by atoms with Crippen LogP contribution in [0.2, 0.25) is 0 Å². The van der Waals surface area contributed by atoms with Gasteiger partial charge in [0.1, 0.15) is 10.9 Å². The molecule has 0 unspecified atom stereocenters. The molecule has 2 aromatic rings. The summed E-state index contributed by atoms with van der Waals surface area (Å²) >= 11 is 1.18. The average Bonchev–Trinajstić information content (AvgIpc) is 2.96. The van der Waals surface area contributed by atoms with Crippen LogP contribution in [0.15, 0.2) is 16.2 Å². The van der Waals surface area contributed by atoms with Crippen LogP contribution in [-0.2, 0) is 12.8 Å². The molecule has 3 rings (SSSR count). The highest BCUT2D eigenvalue weighted by atomic mass is 32.2. The second-order valence-corrected chi connectivity index (χ2v) is 5.37. The number of rotatable bonds is 3. The maximum atomic E-state index is 11.3. The Bertz CT molecular complexity index is 653. The van der Waals surface area contributed by atoms with Gasteiger partial charge in [0.25, 0.3) is 0 Å². The van der Waals surface area contributed by atoms with Crippen LogP contribution in [0.25, 0.3) is 0 Å². The van der Waals surface area contributed by atoms with Crippen molar-refractivity contribution in [3.8, 4) is 0 Å². The molecule has 0 saturated heterocycles. The quantitative estimate of drug-likeness (QED) is 0.888. The molecule has 0 spiro atoms. The van der Waals surface area contributed by atoms with E-state index >= 15 is 0 Å². The lowest BCUT2D eigenvalue weighted by atomic mass is 10.1. The molecular weight excluding hydrogens is 264 g/mol. The molecule has 98 valence electrons. The molecule has 0 amide bonds. The second kappa shape index (κ2) is 4.65. The van der Waals surface area contributed by atoms with Crippen LogP contribution in [0.4, 0.5) is 0 Å². The summed E-state index contributed by atoms with van der Waals surface area (Å²) in [5.41, 5.74) is 2.28.